The molecule has 64 valence electrons. The zero-order valence-electron chi connectivity index (χ0n) is 6.78. The molecule has 0 aromatic carbocycles. The van der Waals surface area contributed by atoms with Crippen LogP contribution in [0.15, 0.2) is 24.4 Å². The van der Waals surface area contributed by atoms with E-state index in [1.165, 1.54) is 6.42 Å². The highest BCUT2D eigenvalue weighted by Gasteiger charge is 2.20. The second-order valence-corrected chi connectivity index (χ2v) is 4.31. The molecule has 1 unspecified atom stereocenters. The van der Waals surface area contributed by atoms with E-state index in [0.29, 0.717) is 4.83 Å². The number of hydrogen-bond acceptors (Lipinski definition) is 2. The maximum absolute atomic E-state index is 4.30. The van der Waals surface area contributed by atoms with Gasteiger partial charge in [0.25, 0.3) is 0 Å². The summed E-state index contributed by atoms with van der Waals surface area (Å²) in [4.78, 5) is 7.24. The highest BCUT2D eigenvalue weighted by Crippen LogP contribution is 2.21. The van der Waals surface area contributed by atoms with Crippen molar-refractivity contribution in [3.8, 4) is 0 Å². The Bertz CT molecular complexity index is 250. The number of halogens is 1. The molecule has 1 saturated heterocycles. The SMILES string of the molecule is BrC1CCN(c2ccccn2)C1. The van der Waals surface area contributed by atoms with E-state index in [-0.39, 0.29) is 0 Å². The molecule has 1 aromatic heterocycles. The van der Waals surface area contributed by atoms with E-state index >= 15 is 0 Å². The fraction of sp³-hybridized carbons (Fsp3) is 0.444. The Balaban J connectivity index is 2.11. The Morgan fingerprint density at radius 3 is 3.00 bits per heavy atom. The molecule has 2 nitrogen and oxygen atoms in total. The molecule has 0 aliphatic carbocycles. The van der Waals surface area contributed by atoms with E-state index in [4.69, 9.17) is 0 Å². The molecule has 3 heteroatoms. The van der Waals surface area contributed by atoms with Crippen LogP contribution in [-0.4, -0.2) is 22.9 Å². The molecule has 12 heavy (non-hydrogen) atoms. The van der Waals surface area contributed by atoms with Gasteiger partial charge in [0, 0.05) is 24.1 Å². The Kier molecular flexibility index (Phi) is 2.30. The van der Waals surface area contributed by atoms with Crippen LogP contribution in [0.3, 0.4) is 0 Å². The standard InChI is InChI=1S/C9H11BrN2/c10-8-4-6-12(7-8)9-3-1-2-5-11-9/h1-3,5,8H,4,6-7H2. The first-order valence-corrected chi connectivity index (χ1v) is 5.08. The number of anilines is 1. The highest BCUT2D eigenvalue weighted by molar-refractivity contribution is 9.09. The van der Waals surface area contributed by atoms with Gasteiger partial charge in [0.1, 0.15) is 5.82 Å². The minimum atomic E-state index is 0.638. The molecule has 0 radical (unpaired) electrons. The third-order valence-electron chi connectivity index (χ3n) is 2.10. The molecule has 1 aliphatic rings. The molecular weight excluding hydrogens is 216 g/mol. The van der Waals surface area contributed by atoms with Gasteiger partial charge in [-0.15, -0.1) is 0 Å². The van der Waals surface area contributed by atoms with Crippen LogP contribution in [0.25, 0.3) is 0 Å². The van der Waals surface area contributed by atoms with Gasteiger partial charge in [-0.3, -0.25) is 0 Å². The van der Waals surface area contributed by atoms with E-state index < -0.39 is 0 Å². The van der Waals surface area contributed by atoms with Crippen LogP contribution in [-0.2, 0) is 0 Å². The molecule has 2 heterocycles. The summed E-state index contributed by atoms with van der Waals surface area (Å²) in [5.41, 5.74) is 0. The lowest BCUT2D eigenvalue weighted by Gasteiger charge is -2.15. The molecular formula is C9H11BrN2. The van der Waals surface area contributed by atoms with Crippen molar-refractivity contribution < 1.29 is 0 Å². The molecule has 0 spiro atoms. The fourth-order valence-electron chi connectivity index (χ4n) is 1.47. The first-order chi connectivity index (χ1) is 5.86. The quantitative estimate of drug-likeness (QED) is 0.682. The minimum absolute atomic E-state index is 0.638. The van der Waals surface area contributed by atoms with Crippen molar-refractivity contribution in [1.29, 1.82) is 0 Å². The lowest BCUT2D eigenvalue weighted by molar-refractivity contribution is 0.938. The summed E-state index contributed by atoms with van der Waals surface area (Å²) in [6.45, 7) is 2.20. The predicted octanol–water partition coefficient (Wildman–Crippen LogP) is 2.06. The Morgan fingerprint density at radius 2 is 2.42 bits per heavy atom. The van der Waals surface area contributed by atoms with Crippen LogP contribution < -0.4 is 4.90 Å². The van der Waals surface area contributed by atoms with Gasteiger partial charge >= 0.3 is 0 Å². The number of aromatic nitrogens is 1. The molecule has 0 saturated carbocycles. The molecule has 0 N–H and O–H groups in total. The molecule has 2 rings (SSSR count). The zero-order chi connectivity index (χ0) is 8.39. The van der Waals surface area contributed by atoms with Crippen LogP contribution in [0.1, 0.15) is 6.42 Å². The number of hydrogen-bond donors (Lipinski definition) is 0. The monoisotopic (exact) mass is 226 g/mol. The van der Waals surface area contributed by atoms with Gasteiger partial charge in [-0.1, -0.05) is 22.0 Å². The predicted molar refractivity (Wildman–Crippen MR) is 53.8 cm³/mol. The van der Waals surface area contributed by atoms with Gasteiger partial charge in [0.2, 0.25) is 0 Å². The largest absolute Gasteiger partial charge is 0.355 e. The van der Waals surface area contributed by atoms with Crippen LogP contribution >= 0.6 is 15.9 Å². The van der Waals surface area contributed by atoms with Crippen molar-refractivity contribution in [2.75, 3.05) is 18.0 Å². The van der Waals surface area contributed by atoms with Crippen LogP contribution in [0.4, 0.5) is 5.82 Å². The summed E-state index contributed by atoms with van der Waals surface area (Å²) in [5, 5.41) is 0. The second kappa shape index (κ2) is 3.44. The van der Waals surface area contributed by atoms with Crippen molar-refractivity contribution in [1.82, 2.24) is 4.98 Å². The summed E-state index contributed by atoms with van der Waals surface area (Å²) in [7, 11) is 0. The minimum Gasteiger partial charge on any atom is -0.355 e. The summed E-state index contributed by atoms with van der Waals surface area (Å²) in [6, 6.07) is 6.04. The van der Waals surface area contributed by atoms with Gasteiger partial charge in [-0.25, -0.2) is 4.98 Å². The second-order valence-electron chi connectivity index (χ2n) is 3.02. The first-order valence-electron chi connectivity index (χ1n) is 4.16. The maximum Gasteiger partial charge on any atom is 0.128 e. The molecule has 1 fully saturated rings. The Labute approximate surface area is 80.7 Å². The summed E-state index contributed by atoms with van der Waals surface area (Å²) in [6.07, 6.45) is 3.06. The molecule has 1 aromatic rings. The first kappa shape index (κ1) is 8.05. The Morgan fingerprint density at radius 1 is 1.50 bits per heavy atom. The fourth-order valence-corrected chi connectivity index (χ4v) is 2.02. The van der Waals surface area contributed by atoms with Gasteiger partial charge in [0.05, 0.1) is 0 Å². The number of alkyl halides is 1. The van der Waals surface area contributed by atoms with E-state index in [2.05, 4.69) is 31.9 Å². The number of rotatable bonds is 1. The van der Waals surface area contributed by atoms with Crippen LogP contribution in [0.2, 0.25) is 0 Å². The van der Waals surface area contributed by atoms with Gasteiger partial charge < -0.3 is 4.90 Å². The normalized spacial score (nSPS) is 23.1. The van der Waals surface area contributed by atoms with E-state index in [1.807, 2.05) is 18.3 Å². The lowest BCUT2D eigenvalue weighted by Crippen LogP contribution is -2.20. The smallest absolute Gasteiger partial charge is 0.128 e. The van der Waals surface area contributed by atoms with E-state index in [1.54, 1.807) is 0 Å². The lowest BCUT2D eigenvalue weighted by atomic mass is 10.4. The highest BCUT2D eigenvalue weighted by atomic mass is 79.9. The Hall–Kier alpha value is -0.570. The number of pyridine rings is 1. The third-order valence-corrected chi connectivity index (χ3v) is 2.85. The maximum atomic E-state index is 4.30. The molecule has 0 bridgehead atoms. The third kappa shape index (κ3) is 1.61. The molecule has 1 atom stereocenters. The van der Waals surface area contributed by atoms with E-state index in [0.717, 1.165) is 18.9 Å². The molecule has 1 aliphatic heterocycles. The van der Waals surface area contributed by atoms with Crippen LogP contribution in [0.5, 0.6) is 0 Å². The van der Waals surface area contributed by atoms with Gasteiger partial charge in [-0.05, 0) is 18.6 Å². The number of nitrogens with zero attached hydrogens (tertiary/aromatic N) is 2. The molecule has 0 amide bonds. The summed E-state index contributed by atoms with van der Waals surface area (Å²) in [5.74, 6) is 1.10. The van der Waals surface area contributed by atoms with Gasteiger partial charge in [-0.2, -0.15) is 0 Å². The average molecular weight is 227 g/mol. The topological polar surface area (TPSA) is 16.1 Å². The summed E-state index contributed by atoms with van der Waals surface area (Å²) >= 11 is 3.61. The van der Waals surface area contributed by atoms with Crippen molar-refractivity contribution in [2.45, 2.75) is 11.2 Å². The van der Waals surface area contributed by atoms with Crippen molar-refractivity contribution in [3.63, 3.8) is 0 Å². The van der Waals surface area contributed by atoms with E-state index in [9.17, 15) is 0 Å². The average Bonchev–Trinajstić information content (AvgIpc) is 2.54. The zero-order valence-corrected chi connectivity index (χ0v) is 8.37. The summed E-state index contributed by atoms with van der Waals surface area (Å²) < 4.78 is 0. The van der Waals surface area contributed by atoms with Crippen molar-refractivity contribution in [3.05, 3.63) is 24.4 Å². The van der Waals surface area contributed by atoms with Crippen molar-refractivity contribution >= 4 is 21.7 Å². The van der Waals surface area contributed by atoms with Gasteiger partial charge in [0.15, 0.2) is 0 Å². The van der Waals surface area contributed by atoms with Crippen molar-refractivity contribution in [2.24, 2.45) is 0 Å². The van der Waals surface area contributed by atoms with Crippen LogP contribution in [0, 0.1) is 0 Å².